The zero-order chi connectivity index (χ0) is 15.4. The summed E-state index contributed by atoms with van der Waals surface area (Å²) in [6, 6.07) is 2.12. The topological polar surface area (TPSA) is 47.7 Å². The second kappa shape index (κ2) is 7.22. The monoisotopic (exact) mass is 353 g/mol. The average Bonchev–Trinajstić information content (AvgIpc) is 2.90. The van der Waals surface area contributed by atoms with E-state index in [1.807, 2.05) is 18.7 Å². The molecule has 2 rings (SSSR count). The van der Waals surface area contributed by atoms with Crippen LogP contribution in [-0.4, -0.2) is 26.1 Å². The summed E-state index contributed by atoms with van der Waals surface area (Å²) in [4.78, 5) is 0. The molecule has 0 aliphatic carbocycles. The van der Waals surface area contributed by atoms with E-state index >= 15 is 0 Å². The maximum absolute atomic E-state index is 4.51. The van der Waals surface area contributed by atoms with E-state index in [4.69, 9.17) is 0 Å². The van der Waals surface area contributed by atoms with Crippen molar-refractivity contribution in [2.75, 3.05) is 6.54 Å². The van der Waals surface area contributed by atoms with Crippen molar-refractivity contribution in [3.8, 4) is 0 Å². The standard InChI is InChI=1S/C15H24BrN5/c1-5-13-15(16)14(20(4)19-13)10-17-7-6-8-21-12(3)9-11(2)18-21/h9,17H,5-8,10H2,1-4H3. The highest BCUT2D eigenvalue weighted by atomic mass is 79.9. The van der Waals surface area contributed by atoms with Crippen LogP contribution in [-0.2, 0) is 26.6 Å². The van der Waals surface area contributed by atoms with Gasteiger partial charge in [-0.1, -0.05) is 6.92 Å². The van der Waals surface area contributed by atoms with Gasteiger partial charge in [-0.15, -0.1) is 0 Å². The van der Waals surface area contributed by atoms with Crippen LogP contribution in [0.3, 0.4) is 0 Å². The molecule has 0 aromatic carbocycles. The van der Waals surface area contributed by atoms with Gasteiger partial charge in [0.05, 0.1) is 21.6 Å². The lowest BCUT2D eigenvalue weighted by atomic mass is 10.3. The third-order valence-corrected chi connectivity index (χ3v) is 4.54. The van der Waals surface area contributed by atoms with E-state index in [1.165, 1.54) is 11.4 Å². The molecular weight excluding hydrogens is 330 g/mol. The number of nitrogens with zero attached hydrogens (tertiary/aromatic N) is 4. The first-order valence-electron chi connectivity index (χ1n) is 7.45. The lowest BCUT2D eigenvalue weighted by molar-refractivity contribution is 0.524. The molecule has 0 spiro atoms. The normalized spacial score (nSPS) is 11.3. The molecule has 2 aromatic rings. The number of hydrogen-bond acceptors (Lipinski definition) is 3. The maximum atomic E-state index is 4.51. The molecule has 0 fully saturated rings. The van der Waals surface area contributed by atoms with Gasteiger partial charge in [-0.25, -0.2) is 0 Å². The summed E-state index contributed by atoms with van der Waals surface area (Å²) >= 11 is 3.64. The van der Waals surface area contributed by atoms with Gasteiger partial charge in [0, 0.05) is 25.8 Å². The van der Waals surface area contributed by atoms with E-state index in [1.54, 1.807) is 0 Å². The summed E-state index contributed by atoms with van der Waals surface area (Å²) < 4.78 is 5.17. The second-order valence-electron chi connectivity index (χ2n) is 5.37. The van der Waals surface area contributed by atoms with Crippen molar-refractivity contribution in [3.63, 3.8) is 0 Å². The van der Waals surface area contributed by atoms with Gasteiger partial charge in [-0.2, -0.15) is 10.2 Å². The van der Waals surface area contributed by atoms with Crippen LogP contribution in [0, 0.1) is 13.8 Å². The van der Waals surface area contributed by atoms with Crippen LogP contribution in [0.4, 0.5) is 0 Å². The van der Waals surface area contributed by atoms with E-state index in [0.717, 1.165) is 48.3 Å². The highest BCUT2D eigenvalue weighted by Crippen LogP contribution is 2.21. The Hall–Kier alpha value is -1.14. The SMILES string of the molecule is CCc1nn(C)c(CNCCCn2nc(C)cc2C)c1Br. The number of nitrogens with one attached hydrogen (secondary N) is 1. The number of hydrogen-bond donors (Lipinski definition) is 1. The molecule has 0 unspecified atom stereocenters. The van der Waals surface area contributed by atoms with Gasteiger partial charge >= 0.3 is 0 Å². The fourth-order valence-electron chi connectivity index (χ4n) is 2.47. The molecule has 0 saturated heterocycles. The van der Waals surface area contributed by atoms with Crippen molar-refractivity contribution in [1.82, 2.24) is 24.9 Å². The van der Waals surface area contributed by atoms with Crippen molar-refractivity contribution < 1.29 is 0 Å². The van der Waals surface area contributed by atoms with Gasteiger partial charge in [0.15, 0.2) is 0 Å². The molecule has 2 aromatic heterocycles. The Labute approximate surface area is 134 Å². The zero-order valence-electron chi connectivity index (χ0n) is 13.3. The highest BCUT2D eigenvalue weighted by molar-refractivity contribution is 9.10. The van der Waals surface area contributed by atoms with Gasteiger partial charge < -0.3 is 5.32 Å². The molecular formula is C15H24BrN5. The summed E-state index contributed by atoms with van der Waals surface area (Å²) in [5.74, 6) is 0. The quantitative estimate of drug-likeness (QED) is 0.778. The van der Waals surface area contributed by atoms with E-state index < -0.39 is 0 Å². The average molecular weight is 354 g/mol. The molecule has 0 amide bonds. The number of halogens is 1. The fraction of sp³-hybridized carbons (Fsp3) is 0.600. The third-order valence-electron chi connectivity index (χ3n) is 3.62. The first-order chi connectivity index (χ1) is 10.0. The van der Waals surface area contributed by atoms with Crippen LogP contribution in [0.15, 0.2) is 10.5 Å². The van der Waals surface area contributed by atoms with Crippen LogP contribution in [0.5, 0.6) is 0 Å². The molecule has 6 heteroatoms. The highest BCUT2D eigenvalue weighted by Gasteiger charge is 2.11. The van der Waals surface area contributed by atoms with Crippen LogP contribution in [0.2, 0.25) is 0 Å². The predicted octanol–water partition coefficient (Wildman–Crippen LogP) is 2.74. The van der Waals surface area contributed by atoms with Crippen molar-refractivity contribution in [1.29, 1.82) is 0 Å². The molecule has 0 bridgehead atoms. The van der Waals surface area contributed by atoms with Crippen molar-refractivity contribution in [3.05, 3.63) is 33.3 Å². The zero-order valence-corrected chi connectivity index (χ0v) is 14.9. The Morgan fingerprint density at radius 3 is 2.62 bits per heavy atom. The van der Waals surface area contributed by atoms with Crippen LogP contribution in [0.1, 0.15) is 36.1 Å². The van der Waals surface area contributed by atoms with Gasteiger partial charge in [0.2, 0.25) is 0 Å². The Balaban J connectivity index is 1.78. The van der Waals surface area contributed by atoms with E-state index in [9.17, 15) is 0 Å². The Morgan fingerprint density at radius 1 is 1.29 bits per heavy atom. The van der Waals surface area contributed by atoms with Crippen molar-refractivity contribution in [2.24, 2.45) is 7.05 Å². The molecule has 0 aliphatic heterocycles. The molecule has 0 radical (unpaired) electrons. The first-order valence-corrected chi connectivity index (χ1v) is 8.24. The number of rotatable bonds is 7. The summed E-state index contributed by atoms with van der Waals surface area (Å²) in [7, 11) is 2.00. The van der Waals surface area contributed by atoms with Crippen molar-refractivity contribution >= 4 is 15.9 Å². The molecule has 0 aliphatic rings. The summed E-state index contributed by atoms with van der Waals surface area (Å²) in [6.45, 7) is 9.02. The lowest BCUT2D eigenvalue weighted by Gasteiger charge is -2.07. The Kier molecular flexibility index (Phi) is 5.58. The van der Waals surface area contributed by atoms with Gasteiger partial charge in [0.1, 0.15) is 0 Å². The maximum Gasteiger partial charge on any atom is 0.0767 e. The summed E-state index contributed by atoms with van der Waals surface area (Å²) in [5.41, 5.74) is 4.65. The van der Waals surface area contributed by atoms with Gasteiger partial charge in [0.25, 0.3) is 0 Å². The Bertz CT molecular complexity index is 599. The summed E-state index contributed by atoms with van der Waals surface area (Å²) in [5, 5.41) is 12.5. The minimum Gasteiger partial charge on any atom is -0.311 e. The number of aryl methyl sites for hydroxylation is 5. The lowest BCUT2D eigenvalue weighted by Crippen LogP contribution is -2.19. The van der Waals surface area contributed by atoms with E-state index in [0.29, 0.717) is 0 Å². The number of aromatic nitrogens is 4. The largest absolute Gasteiger partial charge is 0.311 e. The van der Waals surface area contributed by atoms with E-state index in [2.05, 4.69) is 56.0 Å². The van der Waals surface area contributed by atoms with Crippen LogP contribution < -0.4 is 5.32 Å². The fourth-order valence-corrected chi connectivity index (χ4v) is 3.23. The summed E-state index contributed by atoms with van der Waals surface area (Å²) in [6.07, 6.45) is 2.02. The van der Waals surface area contributed by atoms with Crippen LogP contribution >= 0.6 is 15.9 Å². The smallest absolute Gasteiger partial charge is 0.0767 e. The van der Waals surface area contributed by atoms with Crippen molar-refractivity contribution in [2.45, 2.75) is 46.7 Å². The Morgan fingerprint density at radius 2 is 2.05 bits per heavy atom. The molecule has 0 saturated carbocycles. The molecule has 1 N–H and O–H groups in total. The predicted molar refractivity (Wildman–Crippen MR) is 88.3 cm³/mol. The third kappa shape index (κ3) is 3.95. The molecule has 5 nitrogen and oxygen atoms in total. The molecule has 2 heterocycles. The van der Waals surface area contributed by atoms with Crippen LogP contribution in [0.25, 0.3) is 0 Å². The van der Waals surface area contributed by atoms with Gasteiger partial charge in [-0.05, 0) is 55.2 Å². The van der Waals surface area contributed by atoms with E-state index in [-0.39, 0.29) is 0 Å². The molecule has 116 valence electrons. The molecule has 21 heavy (non-hydrogen) atoms. The second-order valence-corrected chi connectivity index (χ2v) is 6.16. The minimum atomic E-state index is 0.835. The van der Waals surface area contributed by atoms with Gasteiger partial charge in [-0.3, -0.25) is 9.36 Å². The first kappa shape index (κ1) is 16.2. The minimum absolute atomic E-state index is 0.835. The molecule has 0 atom stereocenters.